The van der Waals surface area contributed by atoms with Crippen molar-refractivity contribution < 1.29 is 38.4 Å². The molecule has 1 unspecified atom stereocenters. The Morgan fingerprint density at radius 1 is 1.14 bits per heavy atom. The number of hydrogen-bond donors (Lipinski definition) is 4. The number of nitrogens with one attached hydrogen (secondary N) is 2. The summed E-state index contributed by atoms with van der Waals surface area (Å²) in [6.45, 7) is 5.26. The number of esters is 2. The van der Waals surface area contributed by atoms with E-state index < -0.39 is 46.9 Å². The number of hydrogen-bond acceptors (Lipinski definition) is 14. The number of aromatic nitrogens is 1. The maximum atomic E-state index is 15.2. The first kappa shape index (κ1) is 37.3. The number of benzene rings is 3. The number of carbonyl (C=O) groups excluding carboxylic acids is 2. The van der Waals surface area contributed by atoms with Crippen LogP contribution in [0.5, 0.6) is 28.7 Å². The second kappa shape index (κ2) is 13.5. The molecule has 4 aromatic rings. The molecule has 14 nitrogen and oxygen atoms in total. The third-order valence-electron chi connectivity index (χ3n) is 13.5. The van der Waals surface area contributed by atoms with Gasteiger partial charge in [0.15, 0.2) is 28.5 Å². The molecule has 11 rings (SSSR count). The molecule has 4 bridgehead atoms. The molecule has 7 aliphatic rings. The third-order valence-corrected chi connectivity index (χ3v) is 14.8. The van der Waals surface area contributed by atoms with Gasteiger partial charge in [0, 0.05) is 64.8 Å². The van der Waals surface area contributed by atoms with Crippen molar-refractivity contribution in [2.45, 2.75) is 87.1 Å². The van der Waals surface area contributed by atoms with E-state index in [0.29, 0.717) is 65.7 Å². The molecule has 8 atom stereocenters. The van der Waals surface area contributed by atoms with Crippen LogP contribution in [0.3, 0.4) is 0 Å². The van der Waals surface area contributed by atoms with Crippen LogP contribution >= 0.6 is 11.8 Å². The molecule has 0 amide bonds. The van der Waals surface area contributed by atoms with Crippen molar-refractivity contribution in [1.29, 1.82) is 5.26 Å². The molecule has 1 spiro atoms. The largest absolute Gasteiger partial charge is 0.504 e. The van der Waals surface area contributed by atoms with Gasteiger partial charge >= 0.3 is 11.9 Å². The molecular weight excluding hydrogens is 761 g/mol. The van der Waals surface area contributed by atoms with Crippen LogP contribution in [0.25, 0.3) is 10.9 Å². The highest BCUT2D eigenvalue weighted by Crippen LogP contribution is 2.64. The summed E-state index contributed by atoms with van der Waals surface area (Å²) in [6, 6.07) is 9.96. The fourth-order valence-corrected chi connectivity index (χ4v) is 12.7. The van der Waals surface area contributed by atoms with Gasteiger partial charge < -0.3 is 39.5 Å². The van der Waals surface area contributed by atoms with Gasteiger partial charge in [0.2, 0.25) is 6.79 Å². The van der Waals surface area contributed by atoms with E-state index in [1.54, 1.807) is 18.9 Å². The third kappa shape index (κ3) is 5.05. The van der Waals surface area contributed by atoms with E-state index in [1.807, 2.05) is 39.1 Å². The SMILES string of the molecule is COc1c(C)cc2c(c1O)[C@H]1[C@@H]3[C@@H]4SCC[C@]5(N[C@H](CN)Cc6c5[nH]c5ccccc65)C(=O)OC[C@@H](c5c6c(c(C)c(OC(C)=O)c54)OCO6)N3C(C#N)[C@H](C2)N1C. The van der Waals surface area contributed by atoms with Crippen LogP contribution in [0.1, 0.15) is 75.3 Å². The minimum atomic E-state index is -1.27. The first-order chi connectivity index (χ1) is 28.0. The molecule has 302 valence electrons. The molecular formula is C43H46N6O8S. The zero-order valence-electron chi connectivity index (χ0n) is 33.0. The molecule has 7 aliphatic heterocycles. The minimum Gasteiger partial charge on any atom is -0.504 e. The van der Waals surface area contributed by atoms with Gasteiger partial charge in [0.05, 0.1) is 36.2 Å². The standard InChI is InChI=1S/C43H46N6O8S/c1-19-12-22-13-27-28(16-45)49-29-17-54-42(52)43(41-25(14-23(15-44)47-43)24-8-6-7-9-26(24)46-41)10-11-58-40(34(49)33(48(27)4)30(22)35(51)36(19)53-5)32-31(29)39-38(55-18-56-39)20(2)37(32)57-21(3)50/h6-9,12,23,27-29,33-34,40,46-47,51H,10-11,13-15,17-18,44H2,1-5H3/t23-,27-,28?,29-,33-,34+,40+,43+/m0/s1. The summed E-state index contributed by atoms with van der Waals surface area (Å²) in [4.78, 5) is 36.2. The van der Waals surface area contributed by atoms with Gasteiger partial charge in [0.25, 0.3) is 0 Å². The number of rotatable bonds is 3. The molecule has 0 aliphatic carbocycles. The zero-order chi connectivity index (χ0) is 40.4. The van der Waals surface area contributed by atoms with Crippen molar-refractivity contribution >= 4 is 34.6 Å². The lowest BCUT2D eigenvalue weighted by Gasteiger charge is -2.61. The maximum absolute atomic E-state index is 15.2. The molecule has 8 heterocycles. The Balaban J connectivity index is 1.23. The summed E-state index contributed by atoms with van der Waals surface area (Å²) in [5.41, 5.74) is 12.4. The Hall–Kier alpha value is -4.98. The summed E-state index contributed by atoms with van der Waals surface area (Å²) in [5, 5.41) is 27.6. The summed E-state index contributed by atoms with van der Waals surface area (Å²) in [5.74, 6) is 1.26. The number of piperazine rings is 1. The predicted molar refractivity (Wildman–Crippen MR) is 214 cm³/mol. The van der Waals surface area contributed by atoms with Gasteiger partial charge in [-0.15, -0.1) is 0 Å². The number of methoxy groups -OCH3 is 1. The van der Waals surface area contributed by atoms with E-state index in [0.717, 1.165) is 44.4 Å². The van der Waals surface area contributed by atoms with Gasteiger partial charge in [0.1, 0.15) is 18.4 Å². The zero-order valence-corrected chi connectivity index (χ0v) is 33.8. The quantitative estimate of drug-likeness (QED) is 0.168. The minimum absolute atomic E-state index is 0.0490. The molecule has 2 saturated heterocycles. The topological polar surface area (TPSA) is 185 Å². The molecule has 0 radical (unpaired) electrons. The average Bonchev–Trinajstić information content (AvgIpc) is 3.84. The Labute approximate surface area is 339 Å². The molecule has 0 saturated carbocycles. The van der Waals surface area contributed by atoms with Crippen LogP contribution in [-0.4, -0.2) is 95.9 Å². The molecule has 58 heavy (non-hydrogen) atoms. The number of nitriles is 1. The Kier molecular flexibility index (Phi) is 8.70. The number of ether oxygens (including phenoxy) is 5. The number of carbonyl (C=O) groups is 2. The Morgan fingerprint density at radius 2 is 1.93 bits per heavy atom. The highest BCUT2D eigenvalue weighted by molar-refractivity contribution is 7.99. The lowest BCUT2D eigenvalue weighted by atomic mass is 9.71. The van der Waals surface area contributed by atoms with Crippen molar-refractivity contribution in [1.82, 2.24) is 20.1 Å². The van der Waals surface area contributed by atoms with Crippen LogP contribution in [0, 0.1) is 25.2 Å². The summed E-state index contributed by atoms with van der Waals surface area (Å²) in [7, 11) is 3.57. The Bertz CT molecular complexity index is 2470. The molecule has 15 heteroatoms. The van der Waals surface area contributed by atoms with E-state index in [9.17, 15) is 15.2 Å². The van der Waals surface area contributed by atoms with Gasteiger partial charge in [-0.1, -0.05) is 24.3 Å². The number of fused-ring (bicyclic) bond motifs is 12. The number of nitrogens with zero attached hydrogens (tertiary/aromatic N) is 3. The van der Waals surface area contributed by atoms with Gasteiger partial charge in [-0.2, -0.15) is 17.0 Å². The van der Waals surface area contributed by atoms with Crippen LogP contribution in [0.2, 0.25) is 0 Å². The second-order valence-corrected chi connectivity index (χ2v) is 17.6. The summed E-state index contributed by atoms with van der Waals surface area (Å²) in [6.07, 6.45) is 1.48. The molecule has 1 aromatic heterocycles. The number of para-hydroxylation sites is 1. The van der Waals surface area contributed by atoms with Crippen molar-refractivity contribution in [3.8, 4) is 34.8 Å². The van der Waals surface area contributed by atoms with Crippen molar-refractivity contribution in [3.63, 3.8) is 0 Å². The summed E-state index contributed by atoms with van der Waals surface area (Å²) < 4.78 is 31.0. The average molecular weight is 807 g/mol. The highest BCUT2D eigenvalue weighted by atomic mass is 32.2. The van der Waals surface area contributed by atoms with E-state index in [2.05, 4.69) is 38.3 Å². The number of phenols is 1. The smallest absolute Gasteiger partial charge is 0.332 e. The van der Waals surface area contributed by atoms with Gasteiger partial charge in [-0.25, -0.2) is 4.79 Å². The number of thioether (sulfide) groups is 1. The fourth-order valence-electron chi connectivity index (χ4n) is 11.2. The van der Waals surface area contributed by atoms with Crippen LogP contribution in [0.4, 0.5) is 0 Å². The molecule has 5 N–H and O–H groups in total. The van der Waals surface area contributed by atoms with Crippen LogP contribution < -0.4 is 30.0 Å². The number of aryl methyl sites for hydroxylation is 1. The number of H-pyrrole nitrogens is 1. The Morgan fingerprint density at radius 3 is 2.69 bits per heavy atom. The molecule has 3 aromatic carbocycles. The van der Waals surface area contributed by atoms with Crippen molar-refractivity contribution in [3.05, 3.63) is 75.0 Å². The lowest BCUT2D eigenvalue weighted by Crippen LogP contribution is -2.69. The van der Waals surface area contributed by atoms with Crippen molar-refractivity contribution in [2.24, 2.45) is 5.73 Å². The van der Waals surface area contributed by atoms with E-state index in [1.165, 1.54) is 6.92 Å². The first-order valence-electron chi connectivity index (χ1n) is 19.8. The van der Waals surface area contributed by atoms with Crippen molar-refractivity contribution in [2.75, 3.05) is 39.9 Å². The monoisotopic (exact) mass is 806 g/mol. The van der Waals surface area contributed by atoms with Crippen LogP contribution in [0.15, 0.2) is 30.3 Å². The lowest BCUT2D eigenvalue weighted by molar-refractivity contribution is -0.158. The number of likely N-dealkylation sites (N-methyl/N-ethyl adjacent to an activating group) is 1. The fraction of sp³-hybridized carbons (Fsp3) is 0.465. The van der Waals surface area contributed by atoms with Gasteiger partial charge in [-0.05, 0) is 68.7 Å². The predicted octanol–water partition coefficient (Wildman–Crippen LogP) is 4.47. The number of aromatic amines is 1. The first-order valence-corrected chi connectivity index (χ1v) is 20.9. The van der Waals surface area contributed by atoms with E-state index in [4.69, 9.17) is 29.4 Å². The number of aromatic hydroxyl groups is 1. The number of nitrogens with two attached hydrogens (primary N) is 1. The second-order valence-electron chi connectivity index (χ2n) is 16.3. The normalized spacial score (nSPS) is 29.7. The van der Waals surface area contributed by atoms with E-state index >= 15 is 4.79 Å². The van der Waals surface area contributed by atoms with Gasteiger partial charge in [-0.3, -0.25) is 19.9 Å². The van der Waals surface area contributed by atoms with Crippen LogP contribution in [-0.2, 0) is 32.7 Å². The summed E-state index contributed by atoms with van der Waals surface area (Å²) >= 11 is 1.63. The maximum Gasteiger partial charge on any atom is 0.332 e. The van der Waals surface area contributed by atoms with E-state index in [-0.39, 0.29) is 31.2 Å². The molecule has 2 fully saturated rings. The number of phenolic OH excluding ortho intramolecular Hbond substituents is 1. The highest BCUT2D eigenvalue weighted by Gasteiger charge is 2.61.